The van der Waals surface area contributed by atoms with Crippen LogP contribution in [0.15, 0.2) is 18.2 Å². The SMILES string of the molecule is CC(C)(C)SCCNC(=O)C1CCCN(S(=O)(=O)Cc2ccc(Cl)c(Cl)c2)C1. The number of piperidine rings is 1. The average Bonchev–Trinajstić information content (AvgIpc) is 2.61. The summed E-state index contributed by atoms with van der Waals surface area (Å²) >= 11 is 13.7. The Labute approximate surface area is 182 Å². The van der Waals surface area contributed by atoms with Gasteiger partial charge in [-0.1, -0.05) is 50.0 Å². The standard InChI is InChI=1S/C19H28Cl2N2O3S2/c1-19(2,3)27-10-8-22-18(24)15-5-4-9-23(12-15)28(25,26)13-14-6-7-16(20)17(21)11-14/h6-7,11,15H,4-5,8-10,12-13H2,1-3H3,(H,22,24). The molecule has 1 N–H and O–H groups in total. The topological polar surface area (TPSA) is 66.5 Å². The largest absolute Gasteiger partial charge is 0.355 e. The minimum absolute atomic E-state index is 0.0658. The molecule has 0 radical (unpaired) electrons. The van der Waals surface area contributed by atoms with Gasteiger partial charge in [-0.2, -0.15) is 11.8 Å². The first-order valence-corrected chi connectivity index (χ1v) is 12.7. The molecule has 1 heterocycles. The molecular weight excluding hydrogens is 439 g/mol. The fourth-order valence-electron chi connectivity index (χ4n) is 3.02. The molecule has 1 aliphatic heterocycles. The van der Waals surface area contributed by atoms with Crippen LogP contribution in [0.25, 0.3) is 0 Å². The van der Waals surface area contributed by atoms with E-state index >= 15 is 0 Å². The molecule has 0 bridgehead atoms. The lowest BCUT2D eigenvalue weighted by molar-refractivity contribution is -0.125. The Hall–Kier alpha value is -0.470. The Balaban J connectivity index is 1.91. The molecule has 1 fully saturated rings. The summed E-state index contributed by atoms with van der Waals surface area (Å²) in [5.74, 6) is 0.308. The maximum Gasteiger partial charge on any atom is 0.224 e. The third kappa shape index (κ3) is 7.41. The average molecular weight is 467 g/mol. The second-order valence-electron chi connectivity index (χ2n) is 7.95. The minimum atomic E-state index is -3.53. The number of carbonyl (C=O) groups is 1. The summed E-state index contributed by atoms with van der Waals surface area (Å²) in [5, 5.41) is 3.67. The fourth-order valence-corrected chi connectivity index (χ4v) is 5.75. The van der Waals surface area contributed by atoms with Crippen molar-refractivity contribution in [3.05, 3.63) is 33.8 Å². The Kier molecular flexibility index (Phi) is 8.52. The van der Waals surface area contributed by atoms with Crippen LogP contribution in [-0.4, -0.2) is 48.8 Å². The molecule has 0 aromatic heterocycles. The Bertz CT molecular complexity index is 795. The zero-order valence-electron chi connectivity index (χ0n) is 16.5. The molecule has 1 aromatic rings. The van der Waals surface area contributed by atoms with Crippen molar-refractivity contribution < 1.29 is 13.2 Å². The van der Waals surface area contributed by atoms with Gasteiger partial charge in [-0.05, 0) is 30.5 Å². The van der Waals surface area contributed by atoms with Crippen LogP contribution in [-0.2, 0) is 20.6 Å². The summed E-state index contributed by atoms with van der Waals surface area (Å²) in [7, 11) is -3.53. The van der Waals surface area contributed by atoms with Crippen LogP contribution >= 0.6 is 35.0 Å². The summed E-state index contributed by atoms with van der Waals surface area (Å²) in [6.07, 6.45) is 1.38. The molecule has 1 atom stereocenters. The lowest BCUT2D eigenvalue weighted by Crippen LogP contribution is -2.46. The number of sulfonamides is 1. The molecule has 2 rings (SSSR count). The summed E-state index contributed by atoms with van der Waals surface area (Å²) in [4.78, 5) is 12.5. The zero-order valence-corrected chi connectivity index (χ0v) is 19.6. The number of nitrogens with one attached hydrogen (secondary N) is 1. The first kappa shape index (κ1) is 23.8. The van der Waals surface area contributed by atoms with Gasteiger partial charge in [0.05, 0.1) is 21.7 Å². The third-order valence-corrected chi connectivity index (χ3v) is 8.25. The molecule has 1 unspecified atom stereocenters. The number of hydrogen-bond acceptors (Lipinski definition) is 4. The van der Waals surface area contributed by atoms with Crippen LogP contribution in [0.2, 0.25) is 10.0 Å². The highest BCUT2D eigenvalue weighted by Gasteiger charge is 2.32. The van der Waals surface area contributed by atoms with Crippen LogP contribution < -0.4 is 5.32 Å². The van der Waals surface area contributed by atoms with Crippen LogP contribution in [0.1, 0.15) is 39.2 Å². The van der Waals surface area contributed by atoms with Crippen molar-refractivity contribution in [2.24, 2.45) is 5.92 Å². The van der Waals surface area contributed by atoms with Gasteiger partial charge in [-0.3, -0.25) is 4.79 Å². The second-order valence-corrected chi connectivity index (χ2v) is 12.7. The van der Waals surface area contributed by atoms with Gasteiger partial charge in [0.15, 0.2) is 0 Å². The van der Waals surface area contributed by atoms with E-state index in [-0.39, 0.29) is 28.9 Å². The van der Waals surface area contributed by atoms with Gasteiger partial charge in [0.2, 0.25) is 15.9 Å². The maximum absolute atomic E-state index is 12.8. The van der Waals surface area contributed by atoms with Gasteiger partial charge in [0, 0.05) is 30.1 Å². The van der Waals surface area contributed by atoms with Crippen molar-refractivity contribution in [2.75, 3.05) is 25.4 Å². The lowest BCUT2D eigenvalue weighted by atomic mass is 9.99. The third-order valence-electron chi connectivity index (χ3n) is 4.42. The highest BCUT2D eigenvalue weighted by Crippen LogP contribution is 2.26. The molecule has 1 amide bonds. The second kappa shape index (κ2) is 10.0. The first-order chi connectivity index (χ1) is 13.0. The van der Waals surface area contributed by atoms with Gasteiger partial charge < -0.3 is 5.32 Å². The quantitative estimate of drug-likeness (QED) is 0.611. The number of benzene rings is 1. The monoisotopic (exact) mass is 466 g/mol. The van der Waals surface area contributed by atoms with Crippen LogP contribution in [0.4, 0.5) is 0 Å². The highest BCUT2D eigenvalue weighted by molar-refractivity contribution is 8.00. The summed E-state index contributed by atoms with van der Waals surface area (Å²) in [6, 6.07) is 4.83. The van der Waals surface area contributed by atoms with Gasteiger partial charge in [0.25, 0.3) is 0 Å². The molecule has 0 saturated carbocycles. The van der Waals surface area contributed by atoms with Crippen LogP contribution in [0.5, 0.6) is 0 Å². The molecule has 0 spiro atoms. The van der Waals surface area contributed by atoms with E-state index in [2.05, 4.69) is 26.1 Å². The Morgan fingerprint density at radius 1 is 1.29 bits per heavy atom. The van der Waals surface area contributed by atoms with Gasteiger partial charge in [-0.25, -0.2) is 12.7 Å². The van der Waals surface area contributed by atoms with Crippen molar-refractivity contribution in [3.63, 3.8) is 0 Å². The molecule has 0 aliphatic carbocycles. The van der Waals surface area contributed by atoms with Crippen molar-refractivity contribution in [3.8, 4) is 0 Å². The normalized spacial score (nSPS) is 18.8. The van der Waals surface area contributed by atoms with E-state index in [4.69, 9.17) is 23.2 Å². The number of thioether (sulfide) groups is 1. The molecule has 1 aromatic carbocycles. The summed E-state index contributed by atoms with van der Waals surface area (Å²) in [6.45, 7) is 7.66. The number of nitrogens with zero attached hydrogens (tertiary/aromatic N) is 1. The Morgan fingerprint density at radius 2 is 2.00 bits per heavy atom. The van der Waals surface area contributed by atoms with Crippen molar-refractivity contribution in [2.45, 2.75) is 44.1 Å². The molecule has 5 nitrogen and oxygen atoms in total. The predicted molar refractivity (Wildman–Crippen MR) is 119 cm³/mol. The molecule has 28 heavy (non-hydrogen) atoms. The van der Waals surface area contributed by atoms with E-state index in [1.165, 1.54) is 4.31 Å². The van der Waals surface area contributed by atoms with Gasteiger partial charge >= 0.3 is 0 Å². The van der Waals surface area contributed by atoms with E-state index in [0.717, 1.165) is 5.75 Å². The van der Waals surface area contributed by atoms with Crippen LogP contribution in [0.3, 0.4) is 0 Å². The fraction of sp³-hybridized carbons (Fsp3) is 0.632. The lowest BCUT2D eigenvalue weighted by Gasteiger charge is -2.31. The molecule has 1 saturated heterocycles. The molecule has 9 heteroatoms. The minimum Gasteiger partial charge on any atom is -0.355 e. The van der Waals surface area contributed by atoms with E-state index < -0.39 is 10.0 Å². The van der Waals surface area contributed by atoms with E-state index in [0.29, 0.717) is 41.5 Å². The number of hydrogen-bond donors (Lipinski definition) is 1. The van der Waals surface area contributed by atoms with Gasteiger partial charge in [-0.15, -0.1) is 0 Å². The van der Waals surface area contributed by atoms with Gasteiger partial charge in [0.1, 0.15) is 0 Å². The smallest absolute Gasteiger partial charge is 0.224 e. The van der Waals surface area contributed by atoms with Crippen molar-refractivity contribution >= 4 is 50.9 Å². The van der Waals surface area contributed by atoms with Crippen LogP contribution in [0, 0.1) is 5.92 Å². The maximum atomic E-state index is 12.8. The summed E-state index contributed by atoms with van der Waals surface area (Å²) in [5.41, 5.74) is 0.584. The zero-order chi connectivity index (χ0) is 20.9. The van der Waals surface area contributed by atoms with E-state index in [1.807, 2.05) is 0 Å². The number of halogens is 2. The number of carbonyl (C=O) groups excluding carboxylic acids is 1. The van der Waals surface area contributed by atoms with E-state index in [9.17, 15) is 13.2 Å². The molecule has 158 valence electrons. The molecule has 1 aliphatic rings. The van der Waals surface area contributed by atoms with E-state index in [1.54, 1.807) is 30.0 Å². The summed E-state index contributed by atoms with van der Waals surface area (Å²) < 4.78 is 27.2. The Morgan fingerprint density at radius 3 is 2.64 bits per heavy atom. The van der Waals surface area contributed by atoms with Crippen molar-refractivity contribution in [1.29, 1.82) is 0 Å². The first-order valence-electron chi connectivity index (χ1n) is 9.31. The highest BCUT2D eigenvalue weighted by atomic mass is 35.5. The molecular formula is C19H28Cl2N2O3S2. The number of rotatable bonds is 7. The van der Waals surface area contributed by atoms with Crippen molar-refractivity contribution in [1.82, 2.24) is 9.62 Å². The number of amides is 1. The predicted octanol–water partition coefficient (Wildman–Crippen LogP) is 4.18.